The minimum Gasteiger partial charge on any atom is -0.458 e. The molecule has 0 radical (unpaired) electrons. The predicted octanol–water partition coefficient (Wildman–Crippen LogP) is 5.12. The van der Waals surface area contributed by atoms with E-state index in [2.05, 4.69) is 4.98 Å². The highest BCUT2D eigenvalue weighted by atomic mass is 16.7. The molecule has 5 rings (SSSR count). The molecule has 0 aliphatic carbocycles. The molecule has 15 heteroatoms. The van der Waals surface area contributed by atoms with Gasteiger partial charge in [0, 0.05) is 61.4 Å². The Hall–Kier alpha value is -3.89. The summed E-state index contributed by atoms with van der Waals surface area (Å²) in [7, 11) is 5.24. The van der Waals surface area contributed by atoms with Gasteiger partial charge in [-0.25, -0.2) is 9.78 Å². The second-order valence-corrected chi connectivity index (χ2v) is 17.7. The zero-order chi connectivity index (χ0) is 43.6. The molecule has 0 bridgehead atoms. The molecule has 0 spiro atoms. The number of hydrogen-bond donors (Lipinski definition) is 2. The lowest BCUT2D eigenvalue weighted by Gasteiger charge is -2.47. The van der Waals surface area contributed by atoms with Crippen LogP contribution >= 0.6 is 0 Å². The van der Waals surface area contributed by atoms with Crippen LogP contribution in [0.1, 0.15) is 87.5 Å². The quantitative estimate of drug-likeness (QED) is 0.132. The van der Waals surface area contributed by atoms with E-state index in [4.69, 9.17) is 29.4 Å². The summed E-state index contributed by atoms with van der Waals surface area (Å²) in [5.74, 6) is -4.98. The Bertz CT molecular complexity index is 1800. The van der Waals surface area contributed by atoms with Crippen molar-refractivity contribution in [2.45, 2.75) is 148 Å². The molecule has 3 N–H and O–H groups in total. The lowest BCUT2D eigenvalue weighted by molar-refractivity contribution is -0.295. The molecule has 3 saturated heterocycles. The average molecular weight is 826 g/mol. The number of aromatic nitrogens is 2. The van der Waals surface area contributed by atoms with Crippen molar-refractivity contribution in [2.75, 3.05) is 33.5 Å². The van der Waals surface area contributed by atoms with Crippen LogP contribution in [0.4, 0.5) is 10.5 Å². The minimum atomic E-state index is -1.41. The maximum Gasteiger partial charge on any atom is 0.410 e. The maximum absolute atomic E-state index is 14.7. The fraction of sp³-hybridized carbons (Fsp3) is 0.705. The van der Waals surface area contributed by atoms with E-state index in [-0.39, 0.29) is 30.8 Å². The Morgan fingerprint density at radius 1 is 1.02 bits per heavy atom. The summed E-state index contributed by atoms with van der Waals surface area (Å²) in [6, 6.07) is 6.46. The van der Waals surface area contributed by atoms with Crippen LogP contribution in [0.2, 0.25) is 0 Å². The van der Waals surface area contributed by atoms with E-state index >= 15 is 0 Å². The standard InChI is InChI=1S/C44H67N5O10/c1-12-34-44(8)38(49(42(54)59-44)19-14-13-18-48-23-32(46-24-48)30-16-15-17-31(45)21-30)27(4)35(50)25(2)22-43(7,55-11)39(28(5)36(51)29(6)40(53)57-34)58-41-37(52)33(47(9)10)20-26(3)56-41/h15-17,21,23-29,33-34,37-39,41,52H,12-14,18-20,22,45H2,1-11H3/t25-,26-,27+,28+,29-,33+,34-,37-,38-,39-,41+,43-,44-/m1/s1. The van der Waals surface area contributed by atoms with E-state index in [1.165, 1.54) is 14.0 Å². The first-order chi connectivity index (χ1) is 27.8. The normalized spacial score (nSPS) is 36.3. The third-order valence-electron chi connectivity index (χ3n) is 13.0. The number of fused-ring (bicyclic) bond motifs is 1. The molecule has 0 saturated carbocycles. The monoisotopic (exact) mass is 825 g/mol. The molecule has 1 amide bonds. The summed E-state index contributed by atoms with van der Waals surface area (Å²) in [5.41, 5.74) is 5.67. The predicted molar refractivity (Wildman–Crippen MR) is 221 cm³/mol. The van der Waals surface area contributed by atoms with Gasteiger partial charge in [-0.05, 0) is 86.0 Å². The number of aryl methyl sites for hydroxylation is 1. The van der Waals surface area contributed by atoms with Crippen LogP contribution < -0.4 is 5.73 Å². The van der Waals surface area contributed by atoms with E-state index in [1.807, 2.05) is 74.8 Å². The Morgan fingerprint density at radius 2 is 1.71 bits per heavy atom. The smallest absolute Gasteiger partial charge is 0.410 e. The molecule has 3 fully saturated rings. The molecule has 3 aliphatic rings. The molecule has 13 atom stereocenters. The second kappa shape index (κ2) is 18.8. The number of aliphatic hydroxyl groups is 1. The van der Waals surface area contributed by atoms with Gasteiger partial charge in [-0.1, -0.05) is 39.8 Å². The third-order valence-corrected chi connectivity index (χ3v) is 13.0. The Labute approximate surface area is 349 Å². The van der Waals surface area contributed by atoms with Crippen molar-refractivity contribution in [3.63, 3.8) is 0 Å². The van der Waals surface area contributed by atoms with Crippen LogP contribution in [0.25, 0.3) is 11.3 Å². The highest BCUT2D eigenvalue weighted by molar-refractivity contribution is 6.00. The van der Waals surface area contributed by atoms with Crippen LogP contribution in [0.15, 0.2) is 36.8 Å². The summed E-state index contributed by atoms with van der Waals surface area (Å²) < 4.78 is 33.2. The molecule has 2 aromatic rings. The van der Waals surface area contributed by atoms with Gasteiger partial charge in [0.2, 0.25) is 0 Å². The summed E-state index contributed by atoms with van der Waals surface area (Å²) in [5, 5.41) is 11.4. The zero-order valence-corrected chi connectivity index (χ0v) is 36.8. The van der Waals surface area contributed by atoms with Crippen molar-refractivity contribution >= 4 is 29.3 Å². The van der Waals surface area contributed by atoms with Crippen molar-refractivity contribution < 1.29 is 48.0 Å². The first-order valence-electron chi connectivity index (χ1n) is 21.1. The van der Waals surface area contributed by atoms with Gasteiger partial charge >= 0.3 is 12.1 Å². The molecular formula is C44H67N5O10. The number of ketones is 2. The highest BCUT2D eigenvalue weighted by Gasteiger charge is 2.60. The Balaban J connectivity index is 1.43. The number of carbonyl (C=O) groups excluding carboxylic acids is 4. The molecule has 328 valence electrons. The van der Waals surface area contributed by atoms with E-state index < -0.39 is 83.4 Å². The number of imidazole rings is 1. The van der Waals surface area contributed by atoms with Gasteiger partial charge in [0.05, 0.1) is 35.9 Å². The highest BCUT2D eigenvalue weighted by Crippen LogP contribution is 2.43. The SMILES string of the molecule is CC[C@H]1OC(=O)[C@H](C)C(=O)[C@H](C)[C@@H](O[C@@H]2O[C@H](C)C[C@H](N(C)C)[C@H]2O)[C@](C)(OC)C[C@@H](C)C(=O)[C@H](C)[C@H]2N(CCCCn3cnc(-c4cccc(N)c4)c3)C(=O)O[C@]12C. The van der Waals surface area contributed by atoms with E-state index in [0.29, 0.717) is 38.0 Å². The van der Waals surface area contributed by atoms with Gasteiger partial charge in [0.15, 0.2) is 17.7 Å². The number of carbonyl (C=O) groups is 4. The average Bonchev–Trinajstić information content (AvgIpc) is 3.77. The van der Waals surface area contributed by atoms with Gasteiger partial charge in [-0.3, -0.25) is 14.4 Å². The van der Waals surface area contributed by atoms with Crippen LogP contribution in [-0.2, 0) is 44.6 Å². The topological polar surface area (TPSA) is 185 Å². The van der Waals surface area contributed by atoms with Crippen LogP contribution in [0.5, 0.6) is 0 Å². The number of Topliss-reactive ketones (excluding diaryl/α,β-unsaturated/α-hetero) is 2. The summed E-state index contributed by atoms with van der Waals surface area (Å²) in [4.78, 5) is 64.9. The van der Waals surface area contributed by atoms with E-state index in [0.717, 1.165) is 11.3 Å². The van der Waals surface area contributed by atoms with E-state index in [9.17, 15) is 24.3 Å². The van der Waals surface area contributed by atoms with Crippen molar-refractivity contribution in [1.82, 2.24) is 19.4 Å². The summed E-state index contributed by atoms with van der Waals surface area (Å²) >= 11 is 0. The number of nitrogens with two attached hydrogens (primary N) is 1. The number of anilines is 1. The molecular weight excluding hydrogens is 759 g/mol. The fourth-order valence-electron chi connectivity index (χ4n) is 9.62. The summed E-state index contributed by atoms with van der Waals surface area (Å²) in [6.07, 6.45) is 0.923. The number of rotatable bonds is 11. The van der Waals surface area contributed by atoms with Crippen molar-refractivity contribution in [1.29, 1.82) is 0 Å². The number of cyclic esters (lactones) is 1. The number of nitrogen functional groups attached to an aromatic ring is 1. The number of ether oxygens (including phenoxy) is 5. The number of aliphatic hydroxyl groups excluding tert-OH is 1. The minimum absolute atomic E-state index is 0.126. The second-order valence-electron chi connectivity index (χ2n) is 17.7. The van der Waals surface area contributed by atoms with Crippen molar-refractivity contribution in [3.8, 4) is 11.3 Å². The van der Waals surface area contributed by atoms with Crippen molar-refractivity contribution in [3.05, 3.63) is 36.8 Å². The van der Waals surface area contributed by atoms with Gasteiger partial charge in [0.25, 0.3) is 0 Å². The van der Waals surface area contributed by atoms with Crippen LogP contribution in [0, 0.1) is 23.7 Å². The van der Waals surface area contributed by atoms with Gasteiger partial charge in [-0.2, -0.15) is 0 Å². The molecule has 15 nitrogen and oxygen atoms in total. The molecule has 1 aromatic carbocycles. The zero-order valence-electron chi connectivity index (χ0n) is 36.8. The lowest BCUT2D eigenvalue weighted by Crippen LogP contribution is -2.60. The Kier molecular flexibility index (Phi) is 14.7. The van der Waals surface area contributed by atoms with E-state index in [1.54, 1.807) is 38.9 Å². The van der Waals surface area contributed by atoms with Crippen LogP contribution in [0.3, 0.4) is 0 Å². The number of amides is 1. The number of likely N-dealkylation sites (N-methyl/N-ethyl adjacent to an activating group) is 1. The first kappa shape index (κ1) is 46.2. The maximum atomic E-state index is 14.7. The largest absolute Gasteiger partial charge is 0.458 e. The summed E-state index contributed by atoms with van der Waals surface area (Å²) in [6.45, 7) is 14.9. The number of esters is 1. The van der Waals surface area contributed by atoms with Gasteiger partial charge in [0.1, 0.15) is 23.9 Å². The number of hydrogen-bond acceptors (Lipinski definition) is 13. The number of unbranched alkanes of at least 4 members (excludes halogenated alkanes) is 1. The first-order valence-corrected chi connectivity index (χ1v) is 21.1. The lowest BCUT2D eigenvalue weighted by atomic mass is 9.73. The van der Waals surface area contributed by atoms with Crippen LogP contribution in [-0.4, -0.2) is 130 Å². The molecule has 3 aliphatic heterocycles. The Morgan fingerprint density at radius 3 is 2.36 bits per heavy atom. The molecule has 59 heavy (non-hydrogen) atoms. The van der Waals surface area contributed by atoms with Crippen molar-refractivity contribution in [2.24, 2.45) is 23.7 Å². The number of benzene rings is 1. The molecule has 1 aromatic heterocycles. The number of nitrogens with zero attached hydrogens (tertiary/aromatic N) is 4. The third kappa shape index (κ3) is 9.69. The van der Waals surface area contributed by atoms with Gasteiger partial charge < -0.3 is 48.9 Å². The number of methoxy groups -OCH3 is 1. The molecule has 0 unspecified atom stereocenters. The molecule has 4 heterocycles. The van der Waals surface area contributed by atoms with Gasteiger partial charge in [-0.15, -0.1) is 0 Å². The fourth-order valence-corrected chi connectivity index (χ4v) is 9.62.